The fraction of sp³-hybridized carbons (Fsp3) is 0.357. The normalized spacial score (nSPS) is 15.0. The molecule has 1 nitrogen and oxygen atoms in total. The van der Waals surface area contributed by atoms with E-state index in [0.29, 0.717) is 0 Å². The molecule has 1 aromatic heterocycles. The van der Waals surface area contributed by atoms with E-state index in [9.17, 15) is 0 Å². The quantitative estimate of drug-likeness (QED) is 0.678. The van der Waals surface area contributed by atoms with Crippen molar-refractivity contribution in [3.05, 3.63) is 38.4 Å². The molecule has 0 saturated heterocycles. The van der Waals surface area contributed by atoms with Crippen LogP contribution < -0.4 is 0 Å². The molecule has 3 rings (SSSR count). The lowest BCUT2D eigenvalue weighted by Crippen LogP contribution is -2.06. The van der Waals surface area contributed by atoms with E-state index in [1.54, 1.807) is 0 Å². The zero-order chi connectivity index (χ0) is 12.0. The Balaban J connectivity index is 2.40. The molecule has 1 heterocycles. The Morgan fingerprint density at radius 3 is 2.82 bits per heavy atom. The number of hydrogen-bond donors (Lipinski definition) is 0. The number of rotatable bonds is 0. The van der Waals surface area contributed by atoms with Crippen molar-refractivity contribution in [3.8, 4) is 0 Å². The van der Waals surface area contributed by atoms with Crippen LogP contribution in [0.5, 0.6) is 0 Å². The van der Waals surface area contributed by atoms with Gasteiger partial charge in [0, 0.05) is 15.6 Å². The minimum atomic E-state index is 0.908. The third-order valence-corrected chi connectivity index (χ3v) is 4.93. The van der Waals surface area contributed by atoms with Crippen LogP contribution >= 0.6 is 27.5 Å². The summed E-state index contributed by atoms with van der Waals surface area (Å²) in [6.07, 6.45) is 4.59. The van der Waals surface area contributed by atoms with Gasteiger partial charge in [0.25, 0.3) is 0 Å². The predicted octanol–water partition coefficient (Wildman–Crippen LogP) is 4.84. The average Bonchev–Trinajstić information content (AvgIpc) is 2.35. The lowest BCUT2D eigenvalue weighted by molar-refractivity contribution is 0.671. The van der Waals surface area contributed by atoms with Crippen LogP contribution in [0.1, 0.15) is 29.7 Å². The minimum Gasteiger partial charge on any atom is -0.251 e. The molecule has 88 valence electrons. The highest BCUT2D eigenvalue weighted by Gasteiger charge is 2.18. The second-order valence-electron chi connectivity index (χ2n) is 4.65. The summed E-state index contributed by atoms with van der Waals surface area (Å²) in [5.41, 5.74) is 4.67. The van der Waals surface area contributed by atoms with Gasteiger partial charge in [-0.3, -0.25) is 4.98 Å². The van der Waals surface area contributed by atoms with Crippen LogP contribution in [0.4, 0.5) is 0 Å². The van der Waals surface area contributed by atoms with Crippen LogP contribution in [-0.4, -0.2) is 4.98 Å². The minimum absolute atomic E-state index is 0.908. The molecule has 0 atom stereocenters. The number of fused-ring (bicyclic) bond motifs is 2. The predicted molar refractivity (Wildman–Crippen MR) is 75.8 cm³/mol. The monoisotopic (exact) mass is 309 g/mol. The summed E-state index contributed by atoms with van der Waals surface area (Å²) < 4.78 is 1.07. The van der Waals surface area contributed by atoms with E-state index in [0.717, 1.165) is 33.2 Å². The third-order valence-electron chi connectivity index (χ3n) is 3.50. The summed E-state index contributed by atoms with van der Waals surface area (Å²) in [5.74, 6) is 0. The molecule has 0 unspecified atom stereocenters. The van der Waals surface area contributed by atoms with Crippen LogP contribution in [0.2, 0.25) is 5.02 Å². The van der Waals surface area contributed by atoms with E-state index in [4.69, 9.17) is 16.6 Å². The lowest BCUT2D eigenvalue weighted by Gasteiger charge is -2.18. The van der Waals surface area contributed by atoms with Gasteiger partial charge >= 0.3 is 0 Å². The van der Waals surface area contributed by atoms with Gasteiger partial charge in [0.05, 0.1) is 10.5 Å². The van der Waals surface area contributed by atoms with Gasteiger partial charge in [-0.15, -0.1) is 0 Å². The van der Waals surface area contributed by atoms with Gasteiger partial charge in [-0.2, -0.15) is 0 Å². The van der Waals surface area contributed by atoms with E-state index >= 15 is 0 Å². The molecule has 0 aliphatic heterocycles. The molecular weight excluding hydrogens is 298 g/mol. The Labute approximate surface area is 114 Å². The van der Waals surface area contributed by atoms with Crippen molar-refractivity contribution in [3.63, 3.8) is 0 Å². The Morgan fingerprint density at radius 1 is 1.24 bits per heavy atom. The number of nitrogens with zero attached hydrogens (tertiary/aromatic N) is 1. The SMILES string of the molecule is Cc1ccc2c(Cl)c3c(nc2c1Br)CCCC3. The second-order valence-corrected chi connectivity index (χ2v) is 5.82. The van der Waals surface area contributed by atoms with Crippen molar-refractivity contribution in [2.24, 2.45) is 0 Å². The largest absolute Gasteiger partial charge is 0.251 e. The van der Waals surface area contributed by atoms with Crippen molar-refractivity contribution in [2.45, 2.75) is 32.6 Å². The van der Waals surface area contributed by atoms with Gasteiger partial charge in [-0.25, -0.2) is 0 Å². The maximum Gasteiger partial charge on any atom is 0.0865 e. The summed E-state index contributed by atoms with van der Waals surface area (Å²) in [6, 6.07) is 4.18. The molecule has 1 aromatic carbocycles. The number of pyridine rings is 1. The number of aryl methyl sites for hydroxylation is 2. The first kappa shape index (κ1) is 11.5. The first-order valence-electron chi connectivity index (χ1n) is 5.94. The molecule has 0 radical (unpaired) electrons. The summed E-state index contributed by atoms with van der Waals surface area (Å²) in [7, 11) is 0. The standard InChI is InChI=1S/C14H13BrClN/c1-8-6-7-10-13(16)9-4-2-3-5-11(9)17-14(10)12(8)15/h6-7H,2-5H2,1H3. The van der Waals surface area contributed by atoms with Crippen molar-refractivity contribution in [1.82, 2.24) is 4.98 Å². The Hall–Kier alpha value is -0.600. The van der Waals surface area contributed by atoms with E-state index in [1.807, 2.05) is 0 Å². The fourth-order valence-corrected chi connectivity index (χ4v) is 3.29. The average molecular weight is 311 g/mol. The highest BCUT2D eigenvalue weighted by Crippen LogP contribution is 2.36. The van der Waals surface area contributed by atoms with Crippen molar-refractivity contribution in [1.29, 1.82) is 0 Å². The molecular formula is C14H13BrClN. The van der Waals surface area contributed by atoms with Gasteiger partial charge < -0.3 is 0 Å². The third kappa shape index (κ3) is 1.78. The summed E-state index contributed by atoms with van der Waals surface area (Å²) in [4.78, 5) is 4.81. The number of halogens is 2. The molecule has 0 bridgehead atoms. The number of benzene rings is 1. The number of hydrogen-bond acceptors (Lipinski definition) is 1. The smallest absolute Gasteiger partial charge is 0.0865 e. The van der Waals surface area contributed by atoms with E-state index in [-0.39, 0.29) is 0 Å². The van der Waals surface area contributed by atoms with Gasteiger partial charge in [-0.1, -0.05) is 23.7 Å². The van der Waals surface area contributed by atoms with Gasteiger partial charge in [0.1, 0.15) is 0 Å². The van der Waals surface area contributed by atoms with Crippen molar-refractivity contribution in [2.75, 3.05) is 0 Å². The molecule has 2 aromatic rings. The zero-order valence-electron chi connectivity index (χ0n) is 9.69. The second kappa shape index (κ2) is 4.25. The Kier molecular flexibility index (Phi) is 2.87. The highest BCUT2D eigenvalue weighted by molar-refractivity contribution is 9.10. The molecule has 1 aliphatic carbocycles. The molecule has 0 fully saturated rings. The lowest BCUT2D eigenvalue weighted by atomic mass is 9.94. The number of aromatic nitrogens is 1. The Morgan fingerprint density at radius 2 is 2.00 bits per heavy atom. The van der Waals surface area contributed by atoms with Crippen LogP contribution in [0.15, 0.2) is 16.6 Å². The molecule has 0 saturated carbocycles. The summed E-state index contributed by atoms with van der Waals surface area (Å²) in [5, 5.41) is 1.98. The maximum absolute atomic E-state index is 6.52. The molecule has 3 heteroatoms. The maximum atomic E-state index is 6.52. The first-order valence-corrected chi connectivity index (χ1v) is 7.11. The van der Waals surface area contributed by atoms with Gasteiger partial charge in [-0.05, 0) is 59.7 Å². The molecule has 0 N–H and O–H groups in total. The topological polar surface area (TPSA) is 12.9 Å². The van der Waals surface area contributed by atoms with E-state index in [1.165, 1.54) is 29.7 Å². The summed E-state index contributed by atoms with van der Waals surface area (Å²) >= 11 is 10.1. The molecule has 0 amide bonds. The fourth-order valence-electron chi connectivity index (χ4n) is 2.50. The van der Waals surface area contributed by atoms with Crippen molar-refractivity contribution >= 4 is 38.4 Å². The molecule has 17 heavy (non-hydrogen) atoms. The Bertz CT molecular complexity index is 607. The van der Waals surface area contributed by atoms with Gasteiger partial charge in [0.15, 0.2) is 0 Å². The molecule has 0 spiro atoms. The van der Waals surface area contributed by atoms with Gasteiger partial charge in [0.2, 0.25) is 0 Å². The van der Waals surface area contributed by atoms with Crippen LogP contribution in [-0.2, 0) is 12.8 Å². The van der Waals surface area contributed by atoms with E-state index < -0.39 is 0 Å². The molecule has 1 aliphatic rings. The van der Waals surface area contributed by atoms with Crippen LogP contribution in [0.3, 0.4) is 0 Å². The summed E-state index contributed by atoms with van der Waals surface area (Å²) in [6.45, 7) is 2.08. The van der Waals surface area contributed by atoms with Crippen LogP contribution in [0.25, 0.3) is 10.9 Å². The highest BCUT2D eigenvalue weighted by atomic mass is 79.9. The first-order chi connectivity index (χ1) is 8.18. The van der Waals surface area contributed by atoms with Crippen LogP contribution in [0, 0.1) is 6.92 Å². The zero-order valence-corrected chi connectivity index (χ0v) is 12.0. The van der Waals surface area contributed by atoms with Crippen molar-refractivity contribution < 1.29 is 0 Å². The van der Waals surface area contributed by atoms with E-state index in [2.05, 4.69) is 35.0 Å².